The van der Waals surface area contributed by atoms with Crippen LogP contribution in [0, 0.1) is 11.3 Å². The average molecular weight is 319 g/mol. The Hall–Kier alpha value is -3.08. The number of hydrogen-bond acceptors (Lipinski definition) is 6. The van der Waals surface area contributed by atoms with Crippen LogP contribution in [-0.4, -0.2) is 30.6 Å². The maximum Gasteiger partial charge on any atom is 0.408 e. The van der Waals surface area contributed by atoms with Crippen LogP contribution >= 0.6 is 0 Å². The Bertz CT molecular complexity index is 583. The minimum Gasteiger partial charge on any atom is -0.450 e. The summed E-state index contributed by atoms with van der Waals surface area (Å²) in [5.74, 6) is -1.45. The van der Waals surface area contributed by atoms with Gasteiger partial charge in [0.05, 0.1) is 0 Å². The largest absolute Gasteiger partial charge is 0.450 e. The zero-order valence-electron chi connectivity index (χ0n) is 12.4. The van der Waals surface area contributed by atoms with Gasteiger partial charge in [-0.3, -0.25) is 9.59 Å². The fourth-order valence-electron chi connectivity index (χ4n) is 1.64. The van der Waals surface area contributed by atoms with Crippen molar-refractivity contribution in [3.8, 4) is 6.07 Å². The molecule has 0 fully saturated rings. The molecule has 23 heavy (non-hydrogen) atoms. The molecule has 1 unspecified atom stereocenters. The molecule has 0 radical (unpaired) electrons. The van der Waals surface area contributed by atoms with Crippen LogP contribution in [0.25, 0.3) is 0 Å². The Kier molecular flexibility index (Phi) is 7.64. The number of amides is 2. The molecule has 0 aliphatic carbocycles. The van der Waals surface area contributed by atoms with E-state index in [1.165, 1.54) is 0 Å². The lowest BCUT2D eigenvalue weighted by atomic mass is 10.1. The Morgan fingerprint density at radius 1 is 1.22 bits per heavy atom. The molecule has 2 amide bonds. The molecule has 0 spiro atoms. The second kappa shape index (κ2) is 9.78. The second-order valence-electron chi connectivity index (χ2n) is 4.52. The van der Waals surface area contributed by atoms with Crippen molar-refractivity contribution in [3.05, 3.63) is 35.9 Å². The van der Waals surface area contributed by atoms with E-state index in [0.29, 0.717) is 0 Å². The van der Waals surface area contributed by atoms with Crippen LogP contribution in [0.5, 0.6) is 0 Å². The third kappa shape index (κ3) is 7.47. The second-order valence-corrected chi connectivity index (χ2v) is 4.52. The first-order valence-corrected chi connectivity index (χ1v) is 6.82. The highest BCUT2D eigenvalue weighted by molar-refractivity contribution is 5.84. The van der Waals surface area contributed by atoms with Crippen LogP contribution in [0.2, 0.25) is 0 Å². The molecule has 0 aliphatic heterocycles. The minimum absolute atomic E-state index is 0.0416. The molecule has 1 atom stereocenters. The lowest BCUT2D eigenvalue weighted by molar-refractivity contribution is -0.142. The van der Waals surface area contributed by atoms with Crippen LogP contribution in [0.4, 0.5) is 4.79 Å². The minimum atomic E-state index is -1.06. The maximum absolute atomic E-state index is 11.6. The van der Waals surface area contributed by atoms with Crippen molar-refractivity contribution in [2.75, 3.05) is 6.61 Å². The predicted molar refractivity (Wildman–Crippen MR) is 78.6 cm³/mol. The maximum atomic E-state index is 11.6. The molecule has 122 valence electrons. The number of benzene rings is 1. The van der Waals surface area contributed by atoms with Gasteiger partial charge in [-0.1, -0.05) is 30.3 Å². The van der Waals surface area contributed by atoms with E-state index in [-0.39, 0.29) is 26.1 Å². The number of primary amides is 1. The molecule has 3 N–H and O–H groups in total. The van der Waals surface area contributed by atoms with E-state index in [9.17, 15) is 14.4 Å². The molecule has 8 nitrogen and oxygen atoms in total. The van der Waals surface area contributed by atoms with Crippen LogP contribution in [0.1, 0.15) is 18.4 Å². The number of nitrogens with one attached hydrogen (secondary N) is 1. The van der Waals surface area contributed by atoms with Crippen molar-refractivity contribution in [1.82, 2.24) is 5.32 Å². The van der Waals surface area contributed by atoms with E-state index < -0.39 is 24.0 Å². The summed E-state index contributed by atoms with van der Waals surface area (Å²) in [5, 5.41) is 10.6. The van der Waals surface area contributed by atoms with Crippen molar-refractivity contribution in [2.24, 2.45) is 5.73 Å². The van der Waals surface area contributed by atoms with Gasteiger partial charge >= 0.3 is 12.1 Å². The van der Waals surface area contributed by atoms with Gasteiger partial charge in [-0.15, -0.1) is 0 Å². The highest BCUT2D eigenvalue weighted by atomic mass is 16.5. The Labute approximate surface area is 133 Å². The molecule has 1 aromatic carbocycles. The SMILES string of the molecule is N#CCOC(=O)CCC(NC(=O)OCc1ccccc1)C(N)=O. The number of ether oxygens (including phenoxy) is 2. The first-order chi connectivity index (χ1) is 11.0. The monoisotopic (exact) mass is 319 g/mol. The molecule has 0 saturated heterocycles. The van der Waals surface area contributed by atoms with Gasteiger partial charge in [0.15, 0.2) is 6.61 Å². The number of esters is 1. The topological polar surface area (TPSA) is 132 Å². The highest BCUT2D eigenvalue weighted by Crippen LogP contribution is 2.03. The number of rotatable bonds is 8. The van der Waals surface area contributed by atoms with Gasteiger partial charge in [0, 0.05) is 6.42 Å². The Morgan fingerprint density at radius 3 is 2.52 bits per heavy atom. The molecular weight excluding hydrogens is 302 g/mol. The lowest BCUT2D eigenvalue weighted by Crippen LogP contribution is -2.44. The average Bonchev–Trinajstić information content (AvgIpc) is 2.55. The molecule has 1 aromatic rings. The van der Waals surface area contributed by atoms with Gasteiger partial charge in [-0.25, -0.2) is 4.79 Å². The van der Waals surface area contributed by atoms with Crippen LogP contribution < -0.4 is 11.1 Å². The molecule has 0 saturated carbocycles. The smallest absolute Gasteiger partial charge is 0.408 e. The van der Waals surface area contributed by atoms with Gasteiger partial charge < -0.3 is 20.5 Å². The zero-order chi connectivity index (χ0) is 17.1. The number of hydrogen-bond donors (Lipinski definition) is 2. The van der Waals surface area contributed by atoms with Gasteiger partial charge in [0.1, 0.15) is 18.7 Å². The van der Waals surface area contributed by atoms with Crippen molar-refractivity contribution in [3.63, 3.8) is 0 Å². The van der Waals surface area contributed by atoms with E-state index in [1.54, 1.807) is 30.3 Å². The summed E-state index contributed by atoms with van der Waals surface area (Å²) in [6.07, 6.45) is -1.02. The highest BCUT2D eigenvalue weighted by Gasteiger charge is 2.20. The number of nitriles is 1. The third-order valence-corrected chi connectivity index (χ3v) is 2.78. The van der Waals surface area contributed by atoms with Gasteiger partial charge in [0.25, 0.3) is 0 Å². The van der Waals surface area contributed by atoms with Crippen LogP contribution in [0.15, 0.2) is 30.3 Å². The van der Waals surface area contributed by atoms with Crippen molar-refractivity contribution in [1.29, 1.82) is 5.26 Å². The van der Waals surface area contributed by atoms with Gasteiger partial charge in [-0.2, -0.15) is 5.26 Å². The van der Waals surface area contributed by atoms with Crippen molar-refractivity contribution in [2.45, 2.75) is 25.5 Å². The summed E-state index contributed by atoms with van der Waals surface area (Å²) in [7, 11) is 0. The lowest BCUT2D eigenvalue weighted by Gasteiger charge is -2.15. The van der Waals surface area contributed by atoms with Gasteiger partial charge in [0.2, 0.25) is 5.91 Å². The quantitative estimate of drug-likeness (QED) is 0.675. The molecule has 0 bridgehead atoms. The predicted octanol–water partition coefficient (Wildman–Crippen LogP) is 0.614. The summed E-state index contributed by atoms with van der Waals surface area (Å²) in [5.41, 5.74) is 5.96. The van der Waals surface area contributed by atoms with Crippen molar-refractivity contribution < 1.29 is 23.9 Å². The number of alkyl carbamates (subject to hydrolysis) is 1. The number of nitrogens with two attached hydrogens (primary N) is 1. The van der Waals surface area contributed by atoms with E-state index in [2.05, 4.69) is 10.1 Å². The first-order valence-electron chi connectivity index (χ1n) is 6.82. The summed E-state index contributed by atoms with van der Waals surface area (Å²) >= 11 is 0. The first kappa shape index (κ1) is 18.0. The van der Waals surface area contributed by atoms with Gasteiger partial charge in [-0.05, 0) is 12.0 Å². The normalized spacial score (nSPS) is 10.9. The number of carbonyl (C=O) groups is 3. The van der Waals surface area contributed by atoms with Crippen molar-refractivity contribution >= 4 is 18.0 Å². The van der Waals surface area contributed by atoms with Crippen LogP contribution in [-0.2, 0) is 25.7 Å². The van der Waals surface area contributed by atoms with E-state index in [1.807, 2.05) is 6.07 Å². The third-order valence-electron chi connectivity index (χ3n) is 2.78. The summed E-state index contributed by atoms with van der Waals surface area (Å²) in [6.45, 7) is -0.324. The molecule has 1 rings (SSSR count). The summed E-state index contributed by atoms with van der Waals surface area (Å²) < 4.78 is 9.50. The Balaban J connectivity index is 2.39. The Morgan fingerprint density at radius 2 is 1.91 bits per heavy atom. The molecule has 0 aliphatic rings. The fraction of sp³-hybridized carbons (Fsp3) is 0.333. The molecule has 0 heterocycles. The standard InChI is InChI=1S/C15H17N3O5/c16-8-9-22-13(19)7-6-12(14(17)20)18-15(21)23-10-11-4-2-1-3-5-11/h1-5,12H,6-7,9-10H2,(H2,17,20)(H,18,21). The zero-order valence-corrected chi connectivity index (χ0v) is 12.4. The summed E-state index contributed by atoms with van der Waals surface area (Å²) in [6, 6.07) is 9.58. The fourth-order valence-corrected chi connectivity index (χ4v) is 1.64. The molecular formula is C15H17N3O5. The molecule has 0 aromatic heterocycles. The van der Waals surface area contributed by atoms with E-state index >= 15 is 0 Å². The van der Waals surface area contributed by atoms with E-state index in [4.69, 9.17) is 15.7 Å². The molecule has 8 heteroatoms. The summed E-state index contributed by atoms with van der Waals surface area (Å²) in [4.78, 5) is 34.2. The van der Waals surface area contributed by atoms with E-state index in [0.717, 1.165) is 5.56 Å². The van der Waals surface area contributed by atoms with Crippen LogP contribution in [0.3, 0.4) is 0 Å². The number of nitrogens with zero attached hydrogens (tertiary/aromatic N) is 1. The number of carbonyl (C=O) groups excluding carboxylic acids is 3.